The molecule has 0 unspecified atom stereocenters. The average molecular weight is 358 g/mol. The van der Waals surface area contributed by atoms with Gasteiger partial charge in [0.25, 0.3) is 0 Å². The highest BCUT2D eigenvalue weighted by Gasteiger charge is 2.28. The van der Waals surface area contributed by atoms with Gasteiger partial charge in [0.2, 0.25) is 5.91 Å². The van der Waals surface area contributed by atoms with Gasteiger partial charge in [0.1, 0.15) is 0 Å². The summed E-state index contributed by atoms with van der Waals surface area (Å²) < 4.78 is 0. The summed E-state index contributed by atoms with van der Waals surface area (Å²) in [5, 5.41) is 0. The molecule has 0 spiro atoms. The lowest BCUT2D eigenvalue weighted by atomic mass is 9.95. The first-order valence-electron chi connectivity index (χ1n) is 10.3. The smallest absolute Gasteiger partial charge is 0.219 e. The molecule has 2 aliphatic heterocycles. The minimum atomic E-state index is 0.230. The SMILES string of the molecule is CC(=O)N1CCC(N(CCc2ccccc2)C[C@@H]2CCCN(C)C2)CC1. The van der Waals surface area contributed by atoms with Gasteiger partial charge in [0.05, 0.1) is 0 Å². The van der Waals surface area contributed by atoms with E-state index in [1.54, 1.807) is 6.92 Å². The quantitative estimate of drug-likeness (QED) is 0.783. The van der Waals surface area contributed by atoms with Crippen LogP contribution < -0.4 is 0 Å². The summed E-state index contributed by atoms with van der Waals surface area (Å²) in [4.78, 5) is 18.9. The van der Waals surface area contributed by atoms with Crippen molar-refractivity contribution in [2.75, 3.05) is 46.3 Å². The third kappa shape index (κ3) is 5.55. The summed E-state index contributed by atoms with van der Waals surface area (Å²) in [6.07, 6.45) is 6.05. The number of piperidine rings is 2. The Morgan fingerprint density at radius 1 is 1.12 bits per heavy atom. The van der Waals surface area contributed by atoms with Crippen LogP contribution in [0.3, 0.4) is 0 Å². The Balaban J connectivity index is 1.60. The van der Waals surface area contributed by atoms with E-state index in [1.807, 2.05) is 4.90 Å². The van der Waals surface area contributed by atoms with Crippen molar-refractivity contribution in [2.24, 2.45) is 5.92 Å². The highest BCUT2D eigenvalue weighted by molar-refractivity contribution is 5.73. The molecule has 1 aromatic rings. The normalized spacial score (nSPS) is 22.7. The molecule has 1 atom stereocenters. The summed E-state index contributed by atoms with van der Waals surface area (Å²) in [7, 11) is 2.26. The van der Waals surface area contributed by atoms with E-state index in [4.69, 9.17) is 0 Å². The summed E-state index contributed by atoms with van der Waals surface area (Å²) in [6, 6.07) is 11.5. The minimum absolute atomic E-state index is 0.230. The topological polar surface area (TPSA) is 26.8 Å². The van der Waals surface area contributed by atoms with Gasteiger partial charge in [-0.1, -0.05) is 30.3 Å². The van der Waals surface area contributed by atoms with Crippen molar-refractivity contribution < 1.29 is 4.79 Å². The summed E-state index contributed by atoms with van der Waals surface area (Å²) in [6.45, 7) is 8.37. The lowest BCUT2D eigenvalue weighted by Gasteiger charge is -2.41. The van der Waals surface area contributed by atoms with Crippen molar-refractivity contribution in [1.82, 2.24) is 14.7 Å². The fraction of sp³-hybridized carbons (Fsp3) is 0.682. The second-order valence-corrected chi connectivity index (χ2v) is 8.24. The number of hydrogen-bond acceptors (Lipinski definition) is 3. The molecular formula is C22H35N3O. The summed E-state index contributed by atoms with van der Waals surface area (Å²) >= 11 is 0. The van der Waals surface area contributed by atoms with Gasteiger partial charge in [-0.2, -0.15) is 0 Å². The van der Waals surface area contributed by atoms with Crippen molar-refractivity contribution in [3.05, 3.63) is 35.9 Å². The monoisotopic (exact) mass is 357 g/mol. The van der Waals surface area contributed by atoms with Gasteiger partial charge in [0.15, 0.2) is 0 Å². The van der Waals surface area contributed by atoms with Gasteiger partial charge >= 0.3 is 0 Å². The maximum atomic E-state index is 11.6. The molecule has 1 amide bonds. The van der Waals surface area contributed by atoms with Crippen LogP contribution in [0.2, 0.25) is 0 Å². The fourth-order valence-corrected chi connectivity index (χ4v) is 4.64. The average Bonchev–Trinajstić information content (AvgIpc) is 2.66. The molecule has 0 aromatic heterocycles. The van der Waals surface area contributed by atoms with Gasteiger partial charge in [-0.25, -0.2) is 0 Å². The minimum Gasteiger partial charge on any atom is -0.343 e. The van der Waals surface area contributed by atoms with E-state index in [-0.39, 0.29) is 5.91 Å². The second-order valence-electron chi connectivity index (χ2n) is 8.24. The number of carbonyl (C=O) groups is 1. The van der Waals surface area contributed by atoms with E-state index in [1.165, 1.54) is 38.0 Å². The van der Waals surface area contributed by atoms with Crippen molar-refractivity contribution in [3.8, 4) is 0 Å². The molecule has 2 aliphatic rings. The van der Waals surface area contributed by atoms with Crippen molar-refractivity contribution in [1.29, 1.82) is 0 Å². The second kappa shape index (κ2) is 9.52. The molecule has 0 N–H and O–H groups in total. The highest BCUT2D eigenvalue weighted by atomic mass is 16.2. The fourth-order valence-electron chi connectivity index (χ4n) is 4.64. The standard InChI is InChI=1S/C22H35N3O/c1-19(26)24-15-11-22(12-16-24)25(14-10-20-7-4-3-5-8-20)18-21-9-6-13-23(2)17-21/h3-5,7-8,21-22H,6,9-18H2,1-2H3/t21-/m1/s1. The Hall–Kier alpha value is -1.39. The Labute approximate surface area is 159 Å². The first kappa shape index (κ1) is 19.4. The molecule has 0 saturated carbocycles. The first-order chi connectivity index (χ1) is 12.6. The Morgan fingerprint density at radius 2 is 1.85 bits per heavy atom. The van der Waals surface area contributed by atoms with Crippen molar-refractivity contribution in [2.45, 2.75) is 45.1 Å². The molecule has 1 aromatic carbocycles. The van der Waals surface area contributed by atoms with Crippen LogP contribution in [0.15, 0.2) is 30.3 Å². The molecule has 0 bridgehead atoms. The van der Waals surface area contributed by atoms with Crippen LogP contribution >= 0.6 is 0 Å². The molecule has 2 fully saturated rings. The van der Waals surface area contributed by atoms with E-state index >= 15 is 0 Å². The molecular weight excluding hydrogens is 322 g/mol. The Morgan fingerprint density at radius 3 is 2.50 bits per heavy atom. The Kier molecular flexibility index (Phi) is 7.09. The third-order valence-electron chi connectivity index (χ3n) is 6.17. The number of benzene rings is 1. The van der Waals surface area contributed by atoms with Crippen LogP contribution in [0.5, 0.6) is 0 Å². The van der Waals surface area contributed by atoms with Gasteiger partial charge < -0.3 is 9.80 Å². The molecule has 2 heterocycles. The zero-order valence-electron chi connectivity index (χ0n) is 16.6. The van der Waals surface area contributed by atoms with Crippen LogP contribution in [0.25, 0.3) is 0 Å². The summed E-state index contributed by atoms with van der Waals surface area (Å²) in [5.74, 6) is 1.02. The first-order valence-corrected chi connectivity index (χ1v) is 10.3. The number of nitrogens with zero attached hydrogens (tertiary/aromatic N) is 3. The predicted molar refractivity (Wildman–Crippen MR) is 107 cm³/mol. The van der Waals surface area contributed by atoms with Crippen LogP contribution in [-0.4, -0.2) is 73.0 Å². The van der Waals surface area contributed by atoms with Crippen LogP contribution in [0.4, 0.5) is 0 Å². The zero-order valence-corrected chi connectivity index (χ0v) is 16.6. The van der Waals surface area contributed by atoms with E-state index in [2.05, 4.69) is 47.2 Å². The van der Waals surface area contributed by atoms with E-state index in [9.17, 15) is 4.79 Å². The molecule has 144 valence electrons. The number of likely N-dealkylation sites (tertiary alicyclic amines) is 2. The van der Waals surface area contributed by atoms with Gasteiger partial charge in [0, 0.05) is 45.7 Å². The largest absolute Gasteiger partial charge is 0.343 e. The van der Waals surface area contributed by atoms with Crippen LogP contribution in [0.1, 0.15) is 38.2 Å². The van der Waals surface area contributed by atoms with Crippen molar-refractivity contribution >= 4 is 5.91 Å². The number of rotatable bonds is 6. The molecule has 4 nitrogen and oxygen atoms in total. The Bertz CT molecular complexity index is 554. The predicted octanol–water partition coefficient (Wildman–Crippen LogP) is 2.88. The van der Waals surface area contributed by atoms with E-state index in [0.717, 1.165) is 44.8 Å². The molecule has 3 rings (SSSR count). The maximum absolute atomic E-state index is 11.6. The zero-order chi connectivity index (χ0) is 18.4. The van der Waals surface area contributed by atoms with E-state index in [0.29, 0.717) is 6.04 Å². The highest BCUT2D eigenvalue weighted by Crippen LogP contribution is 2.22. The van der Waals surface area contributed by atoms with Crippen LogP contribution in [0, 0.1) is 5.92 Å². The van der Waals surface area contributed by atoms with Gasteiger partial charge in [-0.15, -0.1) is 0 Å². The maximum Gasteiger partial charge on any atom is 0.219 e. The lowest BCUT2D eigenvalue weighted by molar-refractivity contribution is -0.130. The summed E-state index contributed by atoms with van der Waals surface area (Å²) in [5.41, 5.74) is 1.43. The molecule has 26 heavy (non-hydrogen) atoms. The number of amides is 1. The van der Waals surface area contributed by atoms with E-state index < -0.39 is 0 Å². The number of hydrogen-bond donors (Lipinski definition) is 0. The molecule has 4 heteroatoms. The lowest BCUT2D eigenvalue weighted by Crippen LogP contribution is -2.49. The van der Waals surface area contributed by atoms with Gasteiger partial charge in [-0.3, -0.25) is 9.69 Å². The molecule has 2 saturated heterocycles. The third-order valence-corrected chi connectivity index (χ3v) is 6.17. The van der Waals surface area contributed by atoms with Crippen LogP contribution in [-0.2, 0) is 11.2 Å². The molecule has 0 aliphatic carbocycles. The molecule has 0 radical (unpaired) electrons. The van der Waals surface area contributed by atoms with Crippen molar-refractivity contribution in [3.63, 3.8) is 0 Å². The van der Waals surface area contributed by atoms with Gasteiger partial charge in [-0.05, 0) is 57.2 Å². The number of carbonyl (C=O) groups excluding carboxylic acids is 1.